The van der Waals surface area contributed by atoms with Gasteiger partial charge in [-0.15, -0.1) is 0 Å². The van der Waals surface area contributed by atoms with Crippen LogP contribution in [0.2, 0.25) is 0 Å². The number of nitrogens with one attached hydrogen (secondary N) is 1. The highest BCUT2D eigenvalue weighted by Crippen LogP contribution is 2.30. The molecule has 0 aliphatic heterocycles. The number of carbonyl (C=O) groups is 2. The van der Waals surface area contributed by atoms with Gasteiger partial charge < -0.3 is 24.3 Å². The summed E-state index contributed by atoms with van der Waals surface area (Å²) in [4.78, 5) is 39.6. The molecule has 0 aliphatic carbocycles. The zero-order valence-electron chi connectivity index (χ0n) is 23.6. The predicted molar refractivity (Wildman–Crippen MR) is 156 cm³/mol. The molecule has 13 heteroatoms. The molecule has 0 aliphatic rings. The minimum atomic E-state index is -5.08. The summed E-state index contributed by atoms with van der Waals surface area (Å²) in [7, 11) is 3.15. The van der Waals surface area contributed by atoms with Gasteiger partial charge in [-0.25, -0.2) is 14.6 Å². The van der Waals surface area contributed by atoms with Crippen molar-refractivity contribution in [1.82, 2.24) is 19.4 Å². The molecule has 0 atom stereocenters. The van der Waals surface area contributed by atoms with Crippen molar-refractivity contribution < 1.29 is 32.6 Å². The van der Waals surface area contributed by atoms with Crippen LogP contribution in [0.5, 0.6) is 0 Å². The molecule has 0 saturated heterocycles. The summed E-state index contributed by atoms with van der Waals surface area (Å²) in [5, 5.41) is 20.2. The van der Waals surface area contributed by atoms with E-state index in [0.717, 1.165) is 22.0 Å². The van der Waals surface area contributed by atoms with Crippen LogP contribution in [-0.4, -0.2) is 58.0 Å². The molecule has 5 aromatic rings. The Hall–Kier alpha value is -5.48. The summed E-state index contributed by atoms with van der Waals surface area (Å²) >= 11 is 0. The molecule has 0 spiro atoms. The number of likely N-dealkylation sites (N-methyl/N-ethyl adjacent to an activating group) is 1. The maximum atomic E-state index is 13.8. The van der Waals surface area contributed by atoms with Crippen molar-refractivity contribution in [1.29, 1.82) is 5.26 Å². The van der Waals surface area contributed by atoms with E-state index < -0.39 is 18.1 Å². The molecular formula is C31H26F3N5O5. The molecule has 2 heterocycles. The van der Waals surface area contributed by atoms with Gasteiger partial charge in [0.15, 0.2) is 0 Å². The fraction of sp³-hybridized carbons (Fsp3) is 0.194. The quantitative estimate of drug-likeness (QED) is 0.257. The van der Waals surface area contributed by atoms with Crippen molar-refractivity contribution in [3.63, 3.8) is 0 Å². The van der Waals surface area contributed by atoms with Gasteiger partial charge in [-0.3, -0.25) is 4.79 Å². The molecule has 2 N–H and O–H groups in total. The summed E-state index contributed by atoms with van der Waals surface area (Å²) in [5.41, 5.74) is 5.04. The first-order chi connectivity index (χ1) is 21.0. The van der Waals surface area contributed by atoms with Crippen LogP contribution in [0.4, 0.5) is 13.2 Å². The minimum absolute atomic E-state index is 0.231. The highest BCUT2D eigenvalue weighted by Gasteiger charge is 2.38. The number of hydrogen-bond donors (Lipinski definition) is 2. The number of ether oxygens (including phenoxy) is 1. The second-order valence-electron chi connectivity index (χ2n) is 9.52. The van der Waals surface area contributed by atoms with Crippen molar-refractivity contribution in [3.05, 3.63) is 100.0 Å². The van der Waals surface area contributed by atoms with E-state index in [-0.39, 0.29) is 5.56 Å². The molecule has 0 bridgehead atoms. The van der Waals surface area contributed by atoms with Gasteiger partial charge in [0, 0.05) is 42.3 Å². The average molecular weight is 606 g/mol. The summed E-state index contributed by atoms with van der Waals surface area (Å²) in [5.74, 6) is -3.23. The molecular weight excluding hydrogens is 579 g/mol. The molecule has 10 nitrogen and oxygen atoms in total. The SMILES string of the molecule is CNCCn1c(=O)c(-c2cn(Cc3ccc(C#N)cc3)c3ccccc23)nc2ccc(C(=O)OC)cc21.O=C(O)C(F)(F)F. The van der Waals surface area contributed by atoms with E-state index >= 15 is 0 Å². The lowest BCUT2D eigenvalue weighted by molar-refractivity contribution is -0.192. The highest BCUT2D eigenvalue weighted by molar-refractivity contribution is 5.97. The molecule has 3 aromatic carbocycles. The Morgan fingerprint density at radius 3 is 2.36 bits per heavy atom. The smallest absolute Gasteiger partial charge is 0.475 e. The van der Waals surface area contributed by atoms with E-state index in [9.17, 15) is 22.8 Å². The number of alkyl halides is 3. The summed E-state index contributed by atoms with van der Waals surface area (Å²) in [6.45, 7) is 1.56. The Bertz CT molecular complexity index is 1940. The van der Waals surface area contributed by atoms with Gasteiger partial charge in [0.2, 0.25) is 0 Å². The van der Waals surface area contributed by atoms with E-state index in [2.05, 4.69) is 16.0 Å². The number of aliphatic carboxylic acids is 1. The van der Waals surface area contributed by atoms with E-state index in [1.807, 2.05) is 49.6 Å². The van der Waals surface area contributed by atoms with Crippen LogP contribution in [-0.2, 0) is 22.6 Å². The van der Waals surface area contributed by atoms with E-state index in [0.29, 0.717) is 47.5 Å². The summed E-state index contributed by atoms with van der Waals surface area (Å²) in [6, 6.07) is 22.6. The van der Waals surface area contributed by atoms with Crippen LogP contribution < -0.4 is 10.9 Å². The number of para-hydroxylation sites is 1. The van der Waals surface area contributed by atoms with Crippen molar-refractivity contribution in [3.8, 4) is 17.3 Å². The van der Waals surface area contributed by atoms with E-state index in [1.165, 1.54) is 7.11 Å². The molecule has 0 unspecified atom stereocenters. The standard InChI is InChI=1S/C29H25N5O3.C2HF3O2/c1-31-13-14-34-26-15-21(29(36)37-2)11-12-24(26)32-27(28(34)35)23-18-33(25-6-4-3-5-22(23)25)17-20-9-7-19(16-30)8-10-20;3-2(4,5)1(6)7/h3-12,15,18,31H,13-14,17H2,1-2H3;(H,6,7). The summed E-state index contributed by atoms with van der Waals surface area (Å²) < 4.78 is 40.4. The zero-order chi connectivity index (χ0) is 32.0. The third kappa shape index (κ3) is 6.77. The Morgan fingerprint density at radius 2 is 1.75 bits per heavy atom. The van der Waals surface area contributed by atoms with Crippen LogP contribution in [0.3, 0.4) is 0 Å². The maximum Gasteiger partial charge on any atom is 0.490 e. The first kappa shape index (κ1) is 31.5. The van der Waals surface area contributed by atoms with Gasteiger partial charge in [0.05, 0.1) is 35.3 Å². The Morgan fingerprint density at radius 1 is 1.07 bits per heavy atom. The van der Waals surface area contributed by atoms with Crippen molar-refractivity contribution in [2.24, 2.45) is 0 Å². The lowest BCUT2D eigenvalue weighted by atomic mass is 10.1. The lowest BCUT2D eigenvalue weighted by Gasteiger charge is -2.13. The number of nitrogens with zero attached hydrogens (tertiary/aromatic N) is 4. The molecule has 44 heavy (non-hydrogen) atoms. The number of rotatable bonds is 7. The number of carbonyl (C=O) groups excluding carboxylic acids is 1. The average Bonchev–Trinajstić information content (AvgIpc) is 3.37. The van der Waals surface area contributed by atoms with Crippen molar-refractivity contribution in [2.75, 3.05) is 20.7 Å². The van der Waals surface area contributed by atoms with Crippen LogP contribution in [0, 0.1) is 11.3 Å². The van der Waals surface area contributed by atoms with E-state index in [1.54, 1.807) is 34.9 Å². The molecule has 226 valence electrons. The largest absolute Gasteiger partial charge is 0.490 e. The minimum Gasteiger partial charge on any atom is -0.475 e. The number of hydrogen-bond acceptors (Lipinski definition) is 7. The second-order valence-corrected chi connectivity index (χ2v) is 9.52. The topological polar surface area (TPSA) is 139 Å². The highest BCUT2D eigenvalue weighted by atomic mass is 19.4. The first-order valence-corrected chi connectivity index (χ1v) is 13.1. The second kappa shape index (κ2) is 13.2. The molecule has 0 radical (unpaired) electrons. The van der Waals surface area contributed by atoms with Crippen LogP contribution in [0.15, 0.2) is 77.7 Å². The fourth-order valence-corrected chi connectivity index (χ4v) is 4.55. The Balaban J connectivity index is 0.000000566. The Labute approximate surface area is 248 Å². The van der Waals surface area contributed by atoms with Gasteiger partial charge >= 0.3 is 18.1 Å². The first-order valence-electron chi connectivity index (χ1n) is 13.1. The van der Waals surface area contributed by atoms with Gasteiger partial charge in [-0.1, -0.05) is 30.3 Å². The Kier molecular flexibility index (Phi) is 9.45. The molecule has 0 fully saturated rings. The number of nitriles is 1. The maximum absolute atomic E-state index is 13.8. The number of aromatic nitrogens is 3. The number of benzene rings is 3. The van der Waals surface area contributed by atoms with Gasteiger partial charge in [-0.05, 0) is 49.0 Å². The number of carboxylic acids is 1. The van der Waals surface area contributed by atoms with Crippen LogP contribution in [0.25, 0.3) is 33.2 Å². The monoisotopic (exact) mass is 605 g/mol. The number of methoxy groups -OCH3 is 1. The number of esters is 1. The van der Waals surface area contributed by atoms with Crippen molar-refractivity contribution >= 4 is 33.9 Å². The summed E-state index contributed by atoms with van der Waals surface area (Å²) in [6.07, 6.45) is -3.12. The van der Waals surface area contributed by atoms with Gasteiger partial charge in [-0.2, -0.15) is 18.4 Å². The lowest BCUT2D eigenvalue weighted by Crippen LogP contribution is -2.28. The number of fused-ring (bicyclic) bond motifs is 2. The van der Waals surface area contributed by atoms with Crippen LogP contribution >= 0.6 is 0 Å². The number of carboxylic acid groups (broad SMARTS) is 1. The van der Waals surface area contributed by atoms with E-state index in [4.69, 9.17) is 24.9 Å². The third-order valence-electron chi connectivity index (χ3n) is 6.67. The molecule has 5 rings (SSSR count). The molecule has 2 aromatic heterocycles. The predicted octanol–water partition coefficient (Wildman–Crippen LogP) is 4.58. The molecule has 0 amide bonds. The molecule has 0 saturated carbocycles. The van der Waals surface area contributed by atoms with Crippen LogP contribution in [0.1, 0.15) is 21.5 Å². The number of halogens is 3. The normalized spacial score (nSPS) is 11.1. The van der Waals surface area contributed by atoms with Gasteiger partial charge in [0.1, 0.15) is 5.69 Å². The van der Waals surface area contributed by atoms with Crippen molar-refractivity contribution in [2.45, 2.75) is 19.3 Å². The van der Waals surface area contributed by atoms with Gasteiger partial charge in [0.25, 0.3) is 5.56 Å². The third-order valence-corrected chi connectivity index (χ3v) is 6.67. The zero-order valence-corrected chi connectivity index (χ0v) is 23.6. The fourth-order valence-electron chi connectivity index (χ4n) is 4.55.